The number of unbranched alkanes of at least 4 members (excludes halogenated alkanes) is 35. The molecule has 0 heterocycles. The second-order valence-electron chi connectivity index (χ2n) is 18.1. The predicted octanol–water partition coefficient (Wildman–Crippen LogP) is 16.2. The molecule has 0 aromatic heterocycles. The van der Waals surface area contributed by atoms with E-state index in [0.717, 1.165) is 38.0 Å². The molecule has 1 unspecified atom stereocenters. The lowest BCUT2D eigenvalue weighted by atomic mass is 9.99. The van der Waals surface area contributed by atoms with Gasteiger partial charge < -0.3 is 19.3 Å². The summed E-state index contributed by atoms with van der Waals surface area (Å²) in [6, 6.07) is 0. The summed E-state index contributed by atoms with van der Waals surface area (Å²) in [6.45, 7) is 6.14. The van der Waals surface area contributed by atoms with Gasteiger partial charge >= 0.3 is 19.8 Å². The Morgan fingerprint density at radius 2 is 0.746 bits per heavy atom. The van der Waals surface area contributed by atoms with Gasteiger partial charge in [-0.25, -0.2) is 4.57 Å². The molecule has 8 nitrogen and oxygen atoms in total. The first-order valence-electron chi connectivity index (χ1n) is 25.7. The van der Waals surface area contributed by atoms with Crippen molar-refractivity contribution in [3.63, 3.8) is 0 Å². The molecule has 0 aromatic rings. The van der Waals surface area contributed by atoms with E-state index in [0.29, 0.717) is 6.42 Å². The van der Waals surface area contributed by atoms with Crippen LogP contribution in [0.2, 0.25) is 0 Å². The Balaban J connectivity index is 3.76. The number of phosphoric acid groups is 1. The van der Waals surface area contributed by atoms with Crippen LogP contribution in [0.3, 0.4) is 0 Å². The fourth-order valence-electron chi connectivity index (χ4n) is 7.94. The molecule has 0 aliphatic rings. The first kappa shape index (κ1) is 58.0. The number of carbonyl (C=O) groups excluding carboxylic acids is 2. The van der Waals surface area contributed by atoms with Crippen LogP contribution in [-0.4, -0.2) is 41.0 Å². The zero-order valence-electron chi connectivity index (χ0n) is 39.4. The van der Waals surface area contributed by atoms with Gasteiger partial charge in [0.25, 0.3) is 0 Å². The number of ether oxygens (including phenoxy) is 2. The minimum Gasteiger partial charge on any atom is -0.462 e. The Morgan fingerprint density at radius 3 is 1.07 bits per heavy atom. The fourth-order valence-corrected chi connectivity index (χ4v) is 8.30. The normalized spacial score (nSPS) is 12.8. The van der Waals surface area contributed by atoms with Crippen LogP contribution in [0.25, 0.3) is 0 Å². The highest BCUT2D eigenvalue weighted by molar-refractivity contribution is 7.46. The monoisotopic (exact) mass is 859 g/mol. The van der Waals surface area contributed by atoms with Gasteiger partial charge in [0.1, 0.15) is 6.61 Å². The van der Waals surface area contributed by atoms with Crippen molar-refractivity contribution in [1.29, 1.82) is 0 Å². The van der Waals surface area contributed by atoms with E-state index in [4.69, 9.17) is 19.3 Å². The molecule has 0 radical (unpaired) electrons. The summed E-state index contributed by atoms with van der Waals surface area (Å²) in [6.07, 6.45) is 49.7. The Labute approximate surface area is 365 Å². The average Bonchev–Trinajstić information content (AvgIpc) is 3.21. The predicted molar refractivity (Wildman–Crippen MR) is 249 cm³/mol. The van der Waals surface area contributed by atoms with Gasteiger partial charge in [0.2, 0.25) is 0 Å². The maximum atomic E-state index is 12.5. The van der Waals surface area contributed by atoms with Crippen LogP contribution in [0.5, 0.6) is 0 Å². The van der Waals surface area contributed by atoms with E-state index in [1.54, 1.807) is 0 Å². The Bertz CT molecular complexity index is 940. The second kappa shape index (κ2) is 45.1. The summed E-state index contributed by atoms with van der Waals surface area (Å²) >= 11 is 0. The summed E-state index contributed by atoms with van der Waals surface area (Å²) in [5.41, 5.74) is 0. The molecule has 0 saturated heterocycles. The standard InChI is InChI=1S/C50H99O8P/c1-4-6-7-8-9-10-11-12-13-14-15-20-23-26-29-32-35-38-41-44-50(52)58-48(46-57-59(53,54)55)45-56-49(51)43-40-37-34-31-28-25-22-19-17-16-18-21-24-27-30-33-36-39-42-47(3)5-2/h47-48H,4-46H2,1-3H3,(H2,53,54,55)/t47?,48-/m1/s1. The molecular formula is C50H99O8P. The molecule has 0 aliphatic carbocycles. The zero-order valence-corrected chi connectivity index (χ0v) is 40.2. The van der Waals surface area contributed by atoms with Crippen molar-refractivity contribution in [3.8, 4) is 0 Å². The van der Waals surface area contributed by atoms with E-state index in [2.05, 4.69) is 25.3 Å². The number of hydrogen-bond acceptors (Lipinski definition) is 6. The molecule has 352 valence electrons. The molecule has 0 bridgehead atoms. The molecule has 0 saturated carbocycles. The molecular weight excluding hydrogens is 760 g/mol. The van der Waals surface area contributed by atoms with Crippen molar-refractivity contribution >= 4 is 19.8 Å². The highest BCUT2D eigenvalue weighted by Crippen LogP contribution is 2.36. The second-order valence-corrected chi connectivity index (χ2v) is 19.4. The van der Waals surface area contributed by atoms with E-state index in [-0.39, 0.29) is 19.4 Å². The summed E-state index contributed by atoms with van der Waals surface area (Å²) in [5.74, 6) is 0.0402. The highest BCUT2D eigenvalue weighted by Gasteiger charge is 2.23. The van der Waals surface area contributed by atoms with Crippen molar-refractivity contribution in [2.45, 2.75) is 290 Å². The number of rotatable bonds is 48. The topological polar surface area (TPSA) is 119 Å². The van der Waals surface area contributed by atoms with Gasteiger partial charge in [0.05, 0.1) is 6.61 Å². The smallest absolute Gasteiger partial charge is 0.462 e. The third kappa shape index (κ3) is 47.9. The van der Waals surface area contributed by atoms with Crippen LogP contribution in [0.1, 0.15) is 284 Å². The molecule has 0 amide bonds. The zero-order chi connectivity index (χ0) is 43.3. The molecule has 9 heteroatoms. The largest absolute Gasteiger partial charge is 0.469 e. The number of phosphoric ester groups is 1. The van der Waals surface area contributed by atoms with Gasteiger partial charge in [-0.15, -0.1) is 0 Å². The van der Waals surface area contributed by atoms with Crippen molar-refractivity contribution in [2.75, 3.05) is 13.2 Å². The summed E-state index contributed by atoms with van der Waals surface area (Å²) < 4.78 is 26.6. The van der Waals surface area contributed by atoms with Crippen molar-refractivity contribution in [1.82, 2.24) is 0 Å². The van der Waals surface area contributed by atoms with Gasteiger partial charge in [0, 0.05) is 12.8 Å². The summed E-state index contributed by atoms with van der Waals surface area (Å²) in [7, 11) is -4.75. The molecule has 0 aromatic carbocycles. The van der Waals surface area contributed by atoms with Crippen molar-refractivity contribution in [3.05, 3.63) is 0 Å². The maximum absolute atomic E-state index is 12.5. The first-order chi connectivity index (χ1) is 28.7. The van der Waals surface area contributed by atoms with E-state index >= 15 is 0 Å². The van der Waals surface area contributed by atoms with Crippen LogP contribution in [0.4, 0.5) is 0 Å². The summed E-state index contributed by atoms with van der Waals surface area (Å²) in [5, 5.41) is 0. The van der Waals surface area contributed by atoms with Crippen LogP contribution in [0.15, 0.2) is 0 Å². The molecule has 0 rings (SSSR count). The highest BCUT2D eigenvalue weighted by atomic mass is 31.2. The molecule has 0 fully saturated rings. The summed E-state index contributed by atoms with van der Waals surface area (Å²) in [4.78, 5) is 43.1. The SMILES string of the molecule is CCCCCCCCCCCCCCCCCCCCCC(=O)O[C@H](COC(=O)CCCCCCCCCCCCCCCCCCCCC(C)CC)COP(=O)(O)O. The van der Waals surface area contributed by atoms with Crippen molar-refractivity contribution < 1.29 is 37.9 Å². The van der Waals surface area contributed by atoms with E-state index in [9.17, 15) is 14.2 Å². The lowest BCUT2D eigenvalue weighted by molar-refractivity contribution is -0.161. The molecule has 0 aliphatic heterocycles. The number of carbonyl (C=O) groups is 2. The third-order valence-corrected chi connectivity index (χ3v) is 12.7. The van der Waals surface area contributed by atoms with Crippen LogP contribution in [0, 0.1) is 5.92 Å². The Morgan fingerprint density at radius 1 is 0.441 bits per heavy atom. The van der Waals surface area contributed by atoms with Gasteiger partial charge in [-0.05, 0) is 18.8 Å². The first-order valence-corrected chi connectivity index (χ1v) is 27.3. The van der Waals surface area contributed by atoms with Gasteiger partial charge in [-0.3, -0.25) is 14.1 Å². The number of hydrogen-bond donors (Lipinski definition) is 2. The van der Waals surface area contributed by atoms with Gasteiger partial charge in [-0.1, -0.05) is 258 Å². The van der Waals surface area contributed by atoms with Crippen LogP contribution in [-0.2, 0) is 28.2 Å². The molecule has 0 spiro atoms. The lowest BCUT2D eigenvalue weighted by Crippen LogP contribution is -2.29. The minimum absolute atomic E-state index is 0.221. The maximum Gasteiger partial charge on any atom is 0.469 e. The van der Waals surface area contributed by atoms with Gasteiger partial charge in [0.15, 0.2) is 6.10 Å². The molecule has 59 heavy (non-hydrogen) atoms. The molecule has 2 N–H and O–H groups in total. The molecule has 2 atom stereocenters. The number of esters is 2. The van der Waals surface area contributed by atoms with Crippen molar-refractivity contribution in [2.24, 2.45) is 5.92 Å². The van der Waals surface area contributed by atoms with Crippen LogP contribution >= 0.6 is 7.82 Å². The van der Waals surface area contributed by atoms with E-state index in [1.165, 1.54) is 212 Å². The fraction of sp³-hybridized carbons (Fsp3) is 0.960. The quantitative estimate of drug-likeness (QED) is 0.0353. The minimum atomic E-state index is -4.75. The van der Waals surface area contributed by atoms with Gasteiger partial charge in [-0.2, -0.15) is 0 Å². The van der Waals surface area contributed by atoms with Crippen LogP contribution < -0.4 is 0 Å². The Hall–Kier alpha value is -0.950. The average molecular weight is 859 g/mol. The van der Waals surface area contributed by atoms with E-state index < -0.39 is 32.5 Å². The Kier molecular flexibility index (Phi) is 44.4. The third-order valence-electron chi connectivity index (χ3n) is 12.2. The van der Waals surface area contributed by atoms with E-state index in [1.807, 2.05) is 0 Å². The lowest BCUT2D eigenvalue weighted by Gasteiger charge is -2.18.